The Hall–Kier alpha value is 0.150. The van der Waals surface area contributed by atoms with Crippen LogP contribution in [0.5, 0.6) is 0 Å². The van der Waals surface area contributed by atoms with Crippen LogP contribution in [0.2, 0.25) is 5.02 Å². The summed E-state index contributed by atoms with van der Waals surface area (Å²) in [6.45, 7) is 2.98. The van der Waals surface area contributed by atoms with Crippen molar-refractivity contribution < 1.29 is 8.42 Å². The van der Waals surface area contributed by atoms with E-state index in [9.17, 15) is 8.42 Å². The lowest BCUT2D eigenvalue weighted by Gasteiger charge is -2.18. The van der Waals surface area contributed by atoms with E-state index in [-0.39, 0.29) is 22.3 Å². The van der Waals surface area contributed by atoms with Crippen LogP contribution in [-0.4, -0.2) is 38.9 Å². The van der Waals surface area contributed by atoms with Crippen LogP contribution in [0.3, 0.4) is 0 Å². The van der Waals surface area contributed by atoms with E-state index in [0.717, 1.165) is 13.1 Å². The lowest BCUT2D eigenvalue weighted by atomic mass is 10.0. The zero-order valence-electron chi connectivity index (χ0n) is 10.6. The van der Waals surface area contributed by atoms with Crippen molar-refractivity contribution in [2.24, 2.45) is 11.8 Å². The Labute approximate surface area is 138 Å². The van der Waals surface area contributed by atoms with E-state index in [2.05, 4.69) is 21.2 Å². The Morgan fingerprint density at radius 3 is 2.45 bits per heavy atom. The number of halogens is 3. The smallest absolute Gasteiger partial charge is 0.244 e. The molecule has 0 unspecified atom stereocenters. The molecule has 112 valence electrons. The SMILES string of the molecule is Cl.O=S(=O)(c1cccc(Br)c1Cl)N1C[C@H]2CNC[C@H]2C1. The maximum Gasteiger partial charge on any atom is 0.244 e. The number of hydrogen-bond donors (Lipinski definition) is 1. The van der Waals surface area contributed by atoms with Gasteiger partial charge in [-0.3, -0.25) is 0 Å². The quantitative estimate of drug-likeness (QED) is 0.827. The molecule has 2 aliphatic heterocycles. The normalized spacial score (nSPS) is 26.3. The van der Waals surface area contributed by atoms with Crippen molar-refractivity contribution in [3.8, 4) is 0 Å². The maximum absolute atomic E-state index is 12.6. The second kappa shape index (κ2) is 6.10. The summed E-state index contributed by atoms with van der Waals surface area (Å²) in [5, 5.41) is 3.56. The molecular formula is C12H15BrCl2N2O2S. The van der Waals surface area contributed by atoms with Gasteiger partial charge in [-0.15, -0.1) is 12.4 Å². The van der Waals surface area contributed by atoms with Gasteiger partial charge in [-0.2, -0.15) is 4.31 Å². The third kappa shape index (κ3) is 2.74. The van der Waals surface area contributed by atoms with E-state index >= 15 is 0 Å². The fourth-order valence-corrected chi connectivity index (χ4v) is 5.39. The zero-order valence-corrected chi connectivity index (χ0v) is 14.5. The third-order valence-electron chi connectivity index (χ3n) is 3.89. The number of rotatable bonds is 2. The molecule has 3 rings (SSSR count). The minimum absolute atomic E-state index is 0. The molecule has 0 radical (unpaired) electrons. The number of fused-ring (bicyclic) bond motifs is 1. The summed E-state index contributed by atoms with van der Waals surface area (Å²) in [6.07, 6.45) is 0. The van der Waals surface area contributed by atoms with Gasteiger partial charge in [0.05, 0.1) is 5.02 Å². The molecule has 0 saturated carbocycles. The number of nitrogens with zero attached hydrogens (tertiary/aromatic N) is 1. The number of nitrogens with one attached hydrogen (secondary N) is 1. The lowest BCUT2D eigenvalue weighted by molar-refractivity contribution is 0.448. The molecule has 2 fully saturated rings. The Morgan fingerprint density at radius 2 is 1.85 bits per heavy atom. The van der Waals surface area contributed by atoms with Crippen LogP contribution in [0, 0.1) is 11.8 Å². The first kappa shape index (κ1) is 16.5. The number of hydrogen-bond acceptors (Lipinski definition) is 3. The Morgan fingerprint density at radius 1 is 1.25 bits per heavy atom. The van der Waals surface area contributed by atoms with Crippen molar-refractivity contribution in [2.75, 3.05) is 26.2 Å². The molecule has 2 saturated heterocycles. The summed E-state index contributed by atoms with van der Waals surface area (Å²) in [6, 6.07) is 5.00. The molecular weight excluding hydrogens is 387 g/mol. The summed E-state index contributed by atoms with van der Waals surface area (Å²) in [5.74, 6) is 0.862. The summed E-state index contributed by atoms with van der Waals surface area (Å²) >= 11 is 9.38. The third-order valence-corrected chi connectivity index (χ3v) is 7.17. The predicted octanol–water partition coefficient (Wildman–Crippen LogP) is 2.36. The minimum Gasteiger partial charge on any atom is -0.316 e. The van der Waals surface area contributed by atoms with Crippen LogP contribution in [0.1, 0.15) is 0 Å². The van der Waals surface area contributed by atoms with Crippen molar-refractivity contribution in [3.05, 3.63) is 27.7 Å². The van der Waals surface area contributed by atoms with Crippen molar-refractivity contribution in [2.45, 2.75) is 4.90 Å². The first-order valence-corrected chi connectivity index (χ1v) is 8.76. The number of benzene rings is 1. The fourth-order valence-electron chi connectivity index (χ4n) is 2.83. The monoisotopic (exact) mass is 400 g/mol. The van der Waals surface area contributed by atoms with Gasteiger partial charge in [-0.05, 0) is 53.0 Å². The molecule has 0 amide bonds. The van der Waals surface area contributed by atoms with Crippen molar-refractivity contribution in [1.82, 2.24) is 9.62 Å². The van der Waals surface area contributed by atoms with E-state index in [4.69, 9.17) is 11.6 Å². The van der Waals surface area contributed by atoms with Crippen molar-refractivity contribution in [1.29, 1.82) is 0 Å². The predicted molar refractivity (Wildman–Crippen MR) is 85.0 cm³/mol. The van der Waals surface area contributed by atoms with Crippen LogP contribution in [-0.2, 0) is 10.0 Å². The molecule has 0 spiro atoms. The molecule has 8 heteroatoms. The van der Waals surface area contributed by atoms with Gasteiger partial charge in [0.25, 0.3) is 0 Å². The van der Waals surface area contributed by atoms with Crippen LogP contribution < -0.4 is 5.32 Å². The highest BCUT2D eigenvalue weighted by atomic mass is 79.9. The molecule has 1 aromatic rings. The highest BCUT2D eigenvalue weighted by molar-refractivity contribution is 9.10. The van der Waals surface area contributed by atoms with Crippen molar-refractivity contribution in [3.63, 3.8) is 0 Å². The first-order chi connectivity index (χ1) is 9.00. The summed E-state index contributed by atoms with van der Waals surface area (Å²) in [4.78, 5) is 0.191. The van der Waals surface area contributed by atoms with Crippen LogP contribution in [0.25, 0.3) is 0 Å². The molecule has 2 heterocycles. The molecule has 4 nitrogen and oxygen atoms in total. The Balaban J connectivity index is 0.00000147. The summed E-state index contributed by atoms with van der Waals surface area (Å²) in [5.41, 5.74) is 0. The van der Waals surface area contributed by atoms with Gasteiger partial charge < -0.3 is 5.32 Å². The second-order valence-electron chi connectivity index (χ2n) is 5.05. The molecule has 1 aromatic carbocycles. The number of sulfonamides is 1. The van der Waals surface area contributed by atoms with Gasteiger partial charge in [0.15, 0.2) is 0 Å². The standard InChI is InChI=1S/C12H14BrClN2O2S.ClH/c13-10-2-1-3-11(12(10)14)19(17,18)16-6-8-4-15-5-9(8)7-16;/h1-3,8-9,15H,4-7H2;1H/t8-,9+;. The maximum atomic E-state index is 12.6. The van der Waals surface area contributed by atoms with E-state index in [1.54, 1.807) is 22.5 Å². The van der Waals surface area contributed by atoms with E-state index in [0.29, 0.717) is 29.4 Å². The molecule has 2 atom stereocenters. The average molecular weight is 402 g/mol. The summed E-state index contributed by atoms with van der Waals surface area (Å²) in [7, 11) is -3.49. The molecule has 0 bridgehead atoms. The molecule has 2 aliphatic rings. The highest BCUT2D eigenvalue weighted by Crippen LogP contribution is 2.35. The van der Waals surface area contributed by atoms with E-state index < -0.39 is 10.0 Å². The second-order valence-corrected chi connectivity index (χ2v) is 8.19. The minimum atomic E-state index is -3.49. The van der Waals surface area contributed by atoms with Gasteiger partial charge in [0.2, 0.25) is 10.0 Å². The van der Waals surface area contributed by atoms with Crippen LogP contribution in [0.15, 0.2) is 27.6 Å². The van der Waals surface area contributed by atoms with Crippen LogP contribution in [0.4, 0.5) is 0 Å². The molecule has 20 heavy (non-hydrogen) atoms. The van der Waals surface area contributed by atoms with E-state index in [1.807, 2.05) is 0 Å². The summed E-state index contributed by atoms with van der Waals surface area (Å²) < 4.78 is 27.5. The molecule has 1 N–H and O–H groups in total. The van der Waals surface area contributed by atoms with Gasteiger partial charge in [0, 0.05) is 17.6 Å². The topological polar surface area (TPSA) is 49.4 Å². The largest absolute Gasteiger partial charge is 0.316 e. The average Bonchev–Trinajstić information content (AvgIpc) is 2.92. The van der Waals surface area contributed by atoms with E-state index in [1.165, 1.54) is 0 Å². The Bertz CT molecular complexity index is 599. The molecule has 0 aromatic heterocycles. The van der Waals surface area contributed by atoms with Gasteiger partial charge in [-0.1, -0.05) is 17.7 Å². The van der Waals surface area contributed by atoms with Crippen molar-refractivity contribution >= 4 is 50.0 Å². The van der Waals surface area contributed by atoms with Gasteiger partial charge in [-0.25, -0.2) is 8.42 Å². The van der Waals surface area contributed by atoms with Gasteiger partial charge in [0.1, 0.15) is 4.90 Å². The lowest BCUT2D eigenvalue weighted by Crippen LogP contribution is -2.32. The first-order valence-electron chi connectivity index (χ1n) is 6.15. The molecule has 0 aliphatic carbocycles. The van der Waals surface area contributed by atoms with Crippen LogP contribution >= 0.6 is 39.9 Å². The zero-order chi connectivity index (χ0) is 13.6. The highest BCUT2D eigenvalue weighted by Gasteiger charge is 2.42. The van der Waals surface area contributed by atoms with Gasteiger partial charge >= 0.3 is 0 Å². The fraction of sp³-hybridized carbons (Fsp3) is 0.500. The Kier molecular flexibility index (Phi) is 5.04.